The fraction of sp³-hybridized carbons (Fsp3) is 0.471. The fourth-order valence-electron chi connectivity index (χ4n) is 2.89. The lowest BCUT2D eigenvalue weighted by Gasteiger charge is -2.39. The number of alkyl halides is 1. The van der Waals surface area contributed by atoms with Crippen molar-refractivity contribution in [2.24, 2.45) is 0 Å². The van der Waals surface area contributed by atoms with Gasteiger partial charge in [0.1, 0.15) is 5.82 Å². The summed E-state index contributed by atoms with van der Waals surface area (Å²) in [6.45, 7) is 3.29. The summed E-state index contributed by atoms with van der Waals surface area (Å²) in [7, 11) is 0. The number of nitrogens with zero attached hydrogens (tertiary/aromatic N) is 2. The minimum atomic E-state index is 0.696. The number of anilines is 1. The molecule has 0 spiro atoms. The topological polar surface area (TPSA) is 16.1 Å². The Morgan fingerprint density at radius 1 is 1.30 bits per heavy atom. The van der Waals surface area contributed by atoms with Gasteiger partial charge in [0.2, 0.25) is 0 Å². The molecule has 1 saturated carbocycles. The molecule has 0 atom stereocenters. The highest BCUT2D eigenvalue weighted by molar-refractivity contribution is 9.09. The molecule has 1 fully saturated rings. The van der Waals surface area contributed by atoms with Crippen LogP contribution in [-0.4, -0.2) is 22.9 Å². The van der Waals surface area contributed by atoms with E-state index < -0.39 is 0 Å². The van der Waals surface area contributed by atoms with Crippen LogP contribution in [0.1, 0.15) is 31.2 Å². The van der Waals surface area contributed by atoms with Gasteiger partial charge >= 0.3 is 0 Å². The number of rotatable bonds is 5. The first-order valence-electron chi connectivity index (χ1n) is 7.48. The molecular formula is C17H21BrN2. The number of hydrogen-bond acceptors (Lipinski definition) is 2. The molecule has 0 N–H and O–H groups in total. The average molecular weight is 333 g/mol. The van der Waals surface area contributed by atoms with Crippen molar-refractivity contribution in [1.29, 1.82) is 0 Å². The van der Waals surface area contributed by atoms with E-state index in [0.717, 1.165) is 17.4 Å². The lowest BCUT2D eigenvalue weighted by Crippen LogP contribution is -2.42. The number of halogens is 1. The quantitative estimate of drug-likeness (QED) is 0.738. The number of fused-ring (bicyclic) bond motifs is 1. The molecule has 1 aromatic carbocycles. The first-order valence-corrected chi connectivity index (χ1v) is 8.61. The van der Waals surface area contributed by atoms with Gasteiger partial charge in [0.15, 0.2) is 0 Å². The van der Waals surface area contributed by atoms with Crippen molar-refractivity contribution in [1.82, 2.24) is 4.98 Å². The van der Waals surface area contributed by atoms with Gasteiger partial charge in [0.05, 0.1) is 5.52 Å². The van der Waals surface area contributed by atoms with Crippen LogP contribution in [0.3, 0.4) is 0 Å². The van der Waals surface area contributed by atoms with Crippen molar-refractivity contribution in [2.45, 2.75) is 38.6 Å². The highest BCUT2D eigenvalue weighted by Crippen LogP contribution is 2.32. The number of aromatic nitrogens is 1. The molecule has 0 bridgehead atoms. The van der Waals surface area contributed by atoms with Crippen molar-refractivity contribution >= 4 is 32.7 Å². The van der Waals surface area contributed by atoms with Crippen LogP contribution in [0.2, 0.25) is 0 Å². The van der Waals surface area contributed by atoms with Gasteiger partial charge in [-0.15, -0.1) is 0 Å². The van der Waals surface area contributed by atoms with E-state index in [1.165, 1.54) is 42.5 Å². The van der Waals surface area contributed by atoms with E-state index in [9.17, 15) is 0 Å². The summed E-state index contributed by atoms with van der Waals surface area (Å²) in [6, 6.07) is 11.4. The van der Waals surface area contributed by atoms with Gasteiger partial charge in [-0.3, -0.25) is 0 Å². The maximum absolute atomic E-state index is 4.94. The highest BCUT2D eigenvalue weighted by Gasteiger charge is 2.26. The molecule has 0 amide bonds. The molecule has 1 heterocycles. The third-order valence-corrected chi connectivity index (χ3v) is 4.77. The van der Waals surface area contributed by atoms with Crippen LogP contribution in [-0.2, 0) is 0 Å². The van der Waals surface area contributed by atoms with Crippen molar-refractivity contribution in [3.8, 4) is 0 Å². The van der Waals surface area contributed by atoms with E-state index in [2.05, 4.69) is 58.1 Å². The molecule has 2 nitrogen and oxygen atoms in total. The molecule has 0 unspecified atom stereocenters. The van der Waals surface area contributed by atoms with E-state index >= 15 is 0 Å². The van der Waals surface area contributed by atoms with E-state index in [0.29, 0.717) is 6.04 Å². The van der Waals surface area contributed by atoms with Crippen LogP contribution in [0.4, 0.5) is 5.82 Å². The first kappa shape index (κ1) is 13.9. The van der Waals surface area contributed by atoms with E-state index in [1.54, 1.807) is 0 Å². The zero-order valence-corrected chi connectivity index (χ0v) is 13.6. The third kappa shape index (κ3) is 2.69. The second kappa shape index (κ2) is 6.13. The molecule has 1 aliphatic rings. The molecule has 1 aliphatic carbocycles. The number of para-hydroxylation sites is 1. The molecular weight excluding hydrogens is 312 g/mol. The van der Waals surface area contributed by atoms with Crippen LogP contribution >= 0.6 is 15.9 Å². The Morgan fingerprint density at radius 3 is 2.80 bits per heavy atom. The Morgan fingerprint density at radius 2 is 2.10 bits per heavy atom. The van der Waals surface area contributed by atoms with Crippen LogP contribution < -0.4 is 4.90 Å². The van der Waals surface area contributed by atoms with Gasteiger partial charge in [-0.25, -0.2) is 4.98 Å². The summed E-state index contributed by atoms with van der Waals surface area (Å²) in [6.07, 6.45) is 5.17. The Balaban J connectivity index is 1.98. The molecule has 2 aromatic rings. The predicted molar refractivity (Wildman–Crippen MR) is 89.9 cm³/mol. The number of pyridine rings is 1. The summed E-state index contributed by atoms with van der Waals surface area (Å²) in [5.74, 6) is 1.19. The average Bonchev–Trinajstić information content (AvgIpc) is 2.40. The largest absolute Gasteiger partial charge is 0.353 e. The number of hydrogen-bond donors (Lipinski definition) is 0. The van der Waals surface area contributed by atoms with Gasteiger partial charge < -0.3 is 4.90 Å². The van der Waals surface area contributed by atoms with Crippen molar-refractivity contribution in [3.63, 3.8) is 0 Å². The predicted octanol–water partition coefficient (Wildman–Crippen LogP) is 4.69. The molecule has 3 heteroatoms. The van der Waals surface area contributed by atoms with Crippen LogP contribution in [0.5, 0.6) is 0 Å². The molecule has 3 rings (SSSR count). The Kier molecular flexibility index (Phi) is 4.25. The van der Waals surface area contributed by atoms with E-state index in [1.807, 2.05) is 0 Å². The van der Waals surface area contributed by atoms with Crippen molar-refractivity contribution < 1.29 is 0 Å². The number of aryl methyl sites for hydroxylation is 1. The fourth-order valence-corrected chi connectivity index (χ4v) is 3.14. The SMILES string of the molecule is Cc1cc2ccccc2nc1N(CCCBr)C1CCC1. The second-order valence-electron chi connectivity index (χ2n) is 5.64. The molecule has 0 aliphatic heterocycles. The van der Waals surface area contributed by atoms with Gasteiger partial charge in [-0.2, -0.15) is 0 Å². The smallest absolute Gasteiger partial charge is 0.132 e. The normalized spacial score (nSPS) is 15.3. The number of benzene rings is 1. The molecule has 0 radical (unpaired) electrons. The second-order valence-corrected chi connectivity index (χ2v) is 6.44. The van der Waals surface area contributed by atoms with Gasteiger partial charge in [-0.1, -0.05) is 34.1 Å². The maximum Gasteiger partial charge on any atom is 0.132 e. The summed E-state index contributed by atoms with van der Waals surface area (Å²) >= 11 is 3.55. The lowest BCUT2D eigenvalue weighted by atomic mass is 9.91. The van der Waals surface area contributed by atoms with Gasteiger partial charge in [0, 0.05) is 23.3 Å². The monoisotopic (exact) mass is 332 g/mol. The summed E-state index contributed by atoms with van der Waals surface area (Å²) in [4.78, 5) is 7.48. The van der Waals surface area contributed by atoms with E-state index in [4.69, 9.17) is 4.98 Å². The van der Waals surface area contributed by atoms with Crippen molar-refractivity contribution in [2.75, 3.05) is 16.8 Å². The van der Waals surface area contributed by atoms with E-state index in [-0.39, 0.29) is 0 Å². The molecule has 1 aromatic heterocycles. The zero-order valence-electron chi connectivity index (χ0n) is 12.0. The summed E-state index contributed by atoms with van der Waals surface area (Å²) < 4.78 is 0. The minimum absolute atomic E-state index is 0.696. The molecule has 20 heavy (non-hydrogen) atoms. The zero-order chi connectivity index (χ0) is 13.9. The summed E-state index contributed by atoms with van der Waals surface area (Å²) in [5, 5.41) is 2.30. The molecule has 0 saturated heterocycles. The lowest BCUT2D eigenvalue weighted by molar-refractivity contribution is 0.384. The van der Waals surface area contributed by atoms with Crippen molar-refractivity contribution in [3.05, 3.63) is 35.9 Å². The maximum atomic E-state index is 4.94. The molecule has 106 valence electrons. The van der Waals surface area contributed by atoms with Crippen LogP contribution in [0.25, 0.3) is 10.9 Å². The third-order valence-electron chi connectivity index (χ3n) is 4.21. The van der Waals surface area contributed by atoms with Gasteiger partial charge in [0.25, 0.3) is 0 Å². The highest BCUT2D eigenvalue weighted by atomic mass is 79.9. The standard InChI is InChI=1S/C17H21BrN2/c1-13-12-14-6-2-3-9-16(14)19-17(13)20(11-5-10-18)15-7-4-8-15/h2-3,6,9,12,15H,4-5,7-8,10-11H2,1H3. The van der Waals surface area contributed by atoms with Crippen LogP contribution in [0.15, 0.2) is 30.3 Å². The Bertz CT molecular complexity index is 593. The summed E-state index contributed by atoms with van der Waals surface area (Å²) in [5.41, 5.74) is 2.40. The Labute approximate surface area is 129 Å². The first-order chi connectivity index (χ1) is 9.79. The van der Waals surface area contributed by atoms with Crippen LogP contribution in [0, 0.1) is 6.92 Å². The minimum Gasteiger partial charge on any atom is -0.353 e. The Hall–Kier alpha value is -1.09. The van der Waals surface area contributed by atoms with Gasteiger partial charge in [-0.05, 0) is 50.3 Å².